The van der Waals surface area contributed by atoms with Crippen LogP contribution in [0.15, 0.2) is 24.3 Å². The summed E-state index contributed by atoms with van der Waals surface area (Å²) in [6.45, 7) is 0. The van der Waals surface area contributed by atoms with Crippen molar-refractivity contribution in [3.63, 3.8) is 0 Å². The maximum atomic E-state index is 12.1. The topological polar surface area (TPSA) is 78.3 Å². The number of primary amides is 1. The molecular formula is C11H11F3N2O2. The third-order valence-corrected chi connectivity index (χ3v) is 1.88. The SMILES string of the molecule is NC(=O)CC=Cc1cc(N)ccc1OC(F)(F)F. The molecule has 0 heterocycles. The van der Waals surface area contributed by atoms with Crippen molar-refractivity contribution in [1.29, 1.82) is 0 Å². The van der Waals surface area contributed by atoms with Crippen molar-refractivity contribution in [2.45, 2.75) is 12.8 Å². The Bertz CT molecular complexity index is 470. The molecule has 0 aliphatic heterocycles. The highest BCUT2D eigenvalue weighted by Gasteiger charge is 2.31. The minimum absolute atomic E-state index is 0.0831. The standard InChI is InChI=1S/C11H11F3N2O2/c12-11(13,14)18-9-5-4-8(15)6-7(9)2-1-3-10(16)17/h1-2,4-6H,3,15H2,(H2,16,17). The van der Waals surface area contributed by atoms with Gasteiger partial charge in [0.15, 0.2) is 0 Å². The average Bonchev–Trinajstić information content (AvgIpc) is 2.19. The zero-order valence-corrected chi connectivity index (χ0v) is 9.20. The summed E-state index contributed by atoms with van der Waals surface area (Å²) in [7, 11) is 0. The van der Waals surface area contributed by atoms with Crippen molar-refractivity contribution in [3.05, 3.63) is 29.8 Å². The molecule has 0 unspecified atom stereocenters. The molecule has 0 atom stereocenters. The Morgan fingerprint density at radius 3 is 2.61 bits per heavy atom. The van der Waals surface area contributed by atoms with E-state index >= 15 is 0 Å². The molecule has 18 heavy (non-hydrogen) atoms. The maximum Gasteiger partial charge on any atom is 0.573 e. The van der Waals surface area contributed by atoms with Gasteiger partial charge in [-0.3, -0.25) is 4.79 Å². The first kappa shape index (κ1) is 13.9. The summed E-state index contributed by atoms with van der Waals surface area (Å²) in [5.74, 6) is -0.981. The monoisotopic (exact) mass is 260 g/mol. The van der Waals surface area contributed by atoms with E-state index in [9.17, 15) is 18.0 Å². The number of nitrogen functional groups attached to an aromatic ring is 1. The Balaban J connectivity index is 2.96. The molecule has 4 nitrogen and oxygen atoms in total. The number of carbonyl (C=O) groups excluding carboxylic acids is 1. The van der Waals surface area contributed by atoms with Crippen LogP contribution in [0.2, 0.25) is 0 Å². The van der Waals surface area contributed by atoms with Gasteiger partial charge in [-0.15, -0.1) is 13.2 Å². The maximum absolute atomic E-state index is 12.1. The van der Waals surface area contributed by atoms with Gasteiger partial charge >= 0.3 is 6.36 Å². The van der Waals surface area contributed by atoms with Crippen LogP contribution in [-0.2, 0) is 4.79 Å². The fourth-order valence-electron chi connectivity index (χ4n) is 1.22. The van der Waals surface area contributed by atoms with E-state index in [4.69, 9.17) is 11.5 Å². The number of hydrogen-bond acceptors (Lipinski definition) is 3. The van der Waals surface area contributed by atoms with E-state index < -0.39 is 18.0 Å². The van der Waals surface area contributed by atoms with Gasteiger partial charge < -0.3 is 16.2 Å². The van der Waals surface area contributed by atoms with Gasteiger partial charge in [0, 0.05) is 17.7 Å². The molecule has 0 saturated carbocycles. The lowest BCUT2D eigenvalue weighted by molar-refractivity contribution is -0.274. The summed E-state index contributed by atoms with van der Waals surface area (Å²) in [5.41, 5.74) is 10.8. The average molecular weight is 260 g/mol. The van der Waals surface area contributed by atoms with Crippen molar-refractivity contribution in [2.24, 2.45) is 5.73 Å². The van der Waals surface area contributed by atoms with Crippen molar-refractivity contribution >= 4 is 17.7 Å². The third kappa shape index (κ3) is 4.77. The van der Waals surface area contributed by atoms with Crippen LogP contribution in [0.25, 0.3) is 6.08 Å². The summed E-state index contributed by atoms with van der Waals surface area (Å²) in [6.07, 6.45) is -2.24. The summed E-state index contributed by atoms with van der Waals surface area (Å²) in [6, 6.07) is 3.69. The Hall–Kier alpha value is -2.18. The first-order valence-electron chi connectivity index (χ1n) is 4.88. The molecule has 0 aliphatic rings. The van der Waals surface area contributed by atoms with E-state index in [-0.39, 0.29) is 17.7 Å². The molecule has 1 rings (SSSR count). The Morgan fingerprint density at radius 1 is 1.39 bits per heavy atom. The van der Waals surface area contributed by atoms with E-state index in [1.165, 1.54) is 24.3 Å². The number of halogens is 3. The number of nitrogens with two attached hydrogens (primary N) is 2. The molecule has 0 bridgehead atoms. The van der Waals surface area contributed by atoms with Gasteiger partial charge in [-0.1, -0.05) is 12.2 Å². The zero-order chi connectivity index (χ0) is 13.8. The van der Waals surface area contributed by atoms with Crippen LogP contribution >= 0.6 is 0 Å². The number of carbonyl (C=O) groups is 1. The van der Waals surface area contributed by atoms with Crippen LogP contribution in [0.1, 0.15) is 12.0 Å². The number of alkyl halides is 3. The molecule has 1 aromatic carbocycles. The van der Waals surface area contributed by atoms with Gasteiger partial charge in [0.1, 0.15) is 5.75 Å². The smallest absolute Gasteiger partial charge is 0.405 e. The number of anilines is 1. The Labute approximate surface area is 101 Å². The minimum Gasteiger partial charge on any atom is -0.405 e. The van der Waals surface area contributed by atoms with E-state index in [2.05, 4.69) is 4.74 Å². The van der Waals surface area contributed by atoms with Crippen molar-refractivity contribution in [3.8, 4) is 5.75 Å². The highest BCUT2D eigenvalue weighted by atomic mass is 19.4. The fraction of sp³-hybridized carbons (Fsp3) is 0.182. The van der Waals surface area contributed by atoms with E-state index in [0.29, 0.717) is 0 Å². The number of ether oxygens (including phenoxy) is 1. The van der Waals surface area contributed by atoms with Crippen LogP contribution in [0.4, 0.5) is 18.9 Å². The lowest BCUT2D eigenvalue weighted by Crippen LogP contribution is -2.17. The molecule has 7 heteroatoms. The van der Waals surface area contributed by atoms with E-state index in [1.807, 2.05) is 0 Å². The number of benzene rings is 1. The fourth-order valence-corrected chi connectivity index (χ4v) is 1.22. The van der Waals surface area contributed by atoms with E-state index in [0.717, 1.165) is 6.07 Å². The van der Waals surface area contributed by atoms with E-state index in [1.54, 1.807) is 0 Å². The molecule has 0 saturated heterocycles. The highest BCUT2D eigenvalue weighted by molar-refractivity contribution is 5.77. The van der Waals surface area contributed by atoms with Gasteiger partial charge in [-0.2, -0.15) is 0 Å². The van der Waals surface area contributed by atoms with Crippen molar-refractivity contribution in [1.82, 2.24) is 0 Å². The molecule has 0 fully saturated rings. The molecular weight excluding hydrogens is 249 g/mol. The highest BCUT2D eigenvalue weighted by Crippen LogP contribution is 2.28. The number of amides is 1. The number of rotatable bonds is 4. The molecule has 0 aliphatic carbocycles. The Morgan fingerprint density at radius 2 is 2.06 bits per heavy atom. The van der Waals surface area contributed by atoms with Gasteiger partial charge in [0.05, 0.1) is 0 Å². The molecule has 1 aromatic rings. The van der Waals surface area contributed by atoms with Crippen LogP contribution in [0.5, 0.6) is 5.75 Å². The second-order valence-electron chi connectivity index (χ2n) is 3.42. The largest absolute Gasteiger partial charge is 0.573 e. The molecule has 1 amide bonds. The molecule has 0 radical (unpaired) electrons. The molecule has 98 valence electrons. The quantitative estimate of drug-likeness (QED) is 0.813. The number of hydrogen-bond donors (Lipinski definition) is 2. The normalized spacial score (nSPS) is 11.7. The van der Waals surface area contributed by atoms with Gasteiger partial charge in [0.25, 0.3) is 0 Å². The third-order valence-electron chi connectivity index (χ3n) is 1.88. The minimum atomic E-state index is -4.79. The van der Waals surface area contributed by atoms with Crippen LogP contribution < -0.4 is 16.2 Å². The Kier molecular flexibility index (Phi) is 4.19. The van der Waals surface area contributed by atoms with Gasteiger partial charge in [-0.05, 0) is 18.2 Å². The predicted octanol–water partition coefficient (Wildman–Crippen LogP) is 2.06. The second-order valence-corrected chi connectivity index (χ2v) is 3.42. The van der Waals surface area contributed by atoms with Crippen molar-refractivity contribution in [2.75, 3.05) is 5.73 Å². The van der Waals surface area contributed by atoms with Crippen LogP contribution in [-0.4, -0.2) is 12.3 Å². The lowest BCUT2D eigenvalue weighted by Gasteiger charge is -2.11. The van der Waals surface area contributed by atoms with Gasteiger partial charge in [0.2, 0.25) is 5.91 Å². The van der Waals surface area contributed by atoms with Gasteiger partial charge in [-0.25, -0.2) is 0 Å². The van der Waals surface area contributed by atoms with Crippen molar-refractivity contribution < 1.29 is 22.7 Å². The second kappa shape index (κ2) is 5.44. The van der Waals surface area contributed by atoms with Crippen LogP contribution in [0, 0.1) is 0 Å². The first-order valence-corrected chi connectivity index (χ1v) is 4.88. The molecule has 4 N–H and O–H groups in total. The predicted molar refractivity (Wildman–Crippen MR) is 60.4 cm³/mol. The summed E-state index contributed by atoms with van der Waals surface area (Å²) in [5, 5.41) is 0. The van der Waals surface area contributed by atoms with Crippen LogP contribution in [0.3, 0.4) is 0 Å². The zero-order valence-electron chi connectivity index (χ0n) is 9.20. The summed E-state index contributed by atoms with van der Waals surface area (Å²) in [4.78, 5) is 10.5. The lowest BCUT2D eigenvalue weighted by atomic mass is 10.1. The first-order chi connectivity index (χ1) is 8.28. The summed E-state index contributed by atoms with van der Waals surface area (Å²) >= 11 is 0. The summed E-state index contributed by atoms with van der Waals surface area (Å²) < 4.78 is 40.2. The molecule has 0 spiro atoms. The molecule has 0 aromatic heterocycles.